The number of hydrogen-bond acceptors (Lipinski definition) is 1. The van der Waals surface area contributed by atoms with Crippen LogP contribution in [0.4, 0.5) is 17.6 Å². The van der Waals surface area contributed by atoms with Crippen LogP contribution in [0.5, 0.6) is 0 Å². The first-order valence-electron chi connectivity index (χ1n) is 4.18. The normalized spacial score (nSPS) is 12.3. The lowest BCUT2D eigenvalue weighted by Gasteiger charge is -2.07. The van der Waals surface area contributed by atoms with E-state index in [0.717, 1.165) is 12.1 Å². The fourth-order valence-corrected chi connectivity index (χ4v) is 1.08. The molecule has 0 saturated carbocycles. The Morgan fingerprint density at radius 1 is 1.20 bits per heavy atom. The molecule has 0 heterocycles. The average molecular weight is 219 g/mol. The average Bonchev–Trinajstić information content (AvgIpc) is 2.12. The van der Waals surface area contributed by atoms with Crippen molar-refractivity contribution in [2.75, 3.05) is 6.54 Å². The standard InChI is InChI=1S/C10H9F4N/c11-9-5-7(2-1-3-15)4-8(6-9)10(12,13)14/h1-2,4-6H,3,15H2/b2-1+. The lowest BCUT2D eigenvalue weighted by atomic mass is 10.1. The quantitative estimate of drug-likeness (QED) is 0.760. The minimum atomic E-state index is -4.53. The Kier molecular flexibility index (Phi) is 3.47. The molecule has 0 amide bonds. The van der Waals surface area contributed by atoms with Gasteiger partial charge in [-0.3, -0.25) is 0 Å². The third-order valence-corrected chi connectivity index (χ3v) is 1.69. The zero-order chi connectivity index (χ0) is 11.5. The Bertz CT molecular complexity index is 368. The van der Waals surface area contributed by atoms with E-state index >= 15 is 0 Å². The molecular weight excluding hydrogens is 210 g/mol. The molecule has 0 aromatic heterocycles. The molecule has 0 unspecified atom stereocenters. The van der Waals surface area contributed by atoms with Crippen LogP contribution >= 0.6 is 0 Å². The second-order valence-electron chi connectivity index (χ2n) is 2.91. The third kappa shape index (κ3) is 3.36. The molecule has 0 aliphatic carbocycles. The van der Waals surface area contributed by atoms with Gasteiger partial charge in [-0.15, -0.1) is 0 Å². The first kappa shape index (κ1) is 11.7. The first-order valence-corrected chi connectivity index (χ1v) is 4.18. The van der Waals surface area contributed by atoms with Crippen molar-refractivity contribution in [2.24, 2.45) is 5.73 Å². The van der Waals surface area contributed by atoms with Gasteiger partial charge >= 0.3 is 6.18 Å². The van der Waals surface area contributed by atoms with Gasteiger partial charge in [0, 0.05) is 6.54 Å². The largest absolute Gasteiger partial charge is 0.416 e. The summed E-state index contributed by atoms with van der Waals surface area (Å²) in [5.41, 5.74) is 4.28. The van der Waals surface area contributed by atoms with E-state index in [2.05, 4.69) is 0 Å². The summed E-state index contributed by atoms with van der Waals surface area (Å²) < 4.78 is 49.6. The molecule has 0 aliphatic rings. The van der Waals surface area contributed by atoms with Crippen LogP contribution in [0.2, 0.25) is 0 Å². The van der Waals surface area contributed by atoms with Gasteiger partial charge < -0.3 is 5.73 Å². The van der Waals surface area contributed by atoms with E-state index < -0.39 is 17.6 Å². The topological polar surface area (TPSA) is 26.0 Å². The molecule has 15 heavy (non-hydrogen) atoms. The predicted octanol–water partition coefficient (Wildman–Crippen LogP) is 2.82. The zero-order valence-electron chi connectivity index (χ0n) is 7.68. The summed E-state index contributed by atoms with van der Waals surface area (Å²) in [4.78, 5) is 0. The first-order chi connectivity index (χ1) is 6.93. The molecule has 0 fully saturated rings. The highest BCUT2D eigenvalue weighted by atomic mass is 19.4. The van der Waals surface area contributed by atoms with Crippen LogP contribution in [0.15, 0.2) is 24.3 Å². The molecular formula is C10H9F4N. The highest BCUT2D eigenvalue weighted by Gasteiger charge is 2.31. The molecule has 1 aromatic rings. The summed E-state index contributed by atoms with van der Waals surface area (Å²) >= 11 is 0. The lowest BCUT2D eigenvalue weighted by Crippen LogP contribution is -2.05. The molecule has 5 heteroatoms. The molecule has 0 spiro atoms. The summed E-state index contributed by atoms with van der Waals surface area (Å²) in [7, 11) is 0. The molecule has 2 N–H and O–H groups in total. The Balaban J connectivity index is 3.11. The van der Waals surface area contributed by atoms with E-state index in [9.17, 15) is 17.6 Å². The molecule has 1 nitrogen and oxygen atoms in total. The summed E-state index contributed by atoms with van der Waals surface area (Å²) in [6.07, 6.45) is -1.74. The smallest absolute Gasteiger partial charge is 0.327 e. The number of halogens is 4. The highest BCUT2D eigenvalue weighted by Crippen LogP contribution is 2.30. The van der Waals surface area contributed by atoms with Gasteiger partial charge in [-0.05, 0) is 23.8 Å². The monoisotopic (exact) mass is 219 g/mol. The van der Waals surface area contributed by atoms with E-state index in [1.165, 1.54) is 12.2 Å². The van der Waals surface area contributed by atoms with Crippen LogP contribution in [-0.2, 0) is 6.18 Å². The second-order valence-corrected chi connectivity index (χ2v) is 2.91. The van der Waals surface area contributed by atoms with E-state index in [-0.39, 0.29) is 12.1 Å². The van der Waals surface area contributed by atoms with Crippen LogP contribution in [-0.4, -0.2) is 6.54 Å². The van der Waals surface area contributed by atoms with E-state index in [1.807, 2.05) is 0 Å². The van der Waals surface area contributed by atoms with Gasteiger partial charge in [-0.1, -0.05) is 12.2 Å². The maximum absolute atomic E-state index is 12.8. The van der Waals surface area contributed by atoms with Crippen molar-refractivity contribution in [3.63, 3.8) is 0 Å². The maximum Gasteiger partial charge on any atom is 0.416 e. The number of rotatable bonds is 2. The van der Waals surface area contributed by atoms with Crippen molar-refractivity contribution in [2.45, 2.75) is 6.18 Å². The van der Waals surface area contributed by atoms with Gasteiger partial charge in [0.15, 0.2) is 0 Å². The van der Waals surface area contributed by atoms with Crippen LogP contribution in [0.3, 0.4) is 0 Å². The van der Waals surface area contributed by atoms with E-state index in [1.54, 1.807) is 0 Å². The van der Waals surface area contributed by atoms with E-state index in [4.69, 9.17) is 5.73 Å². The molecule has 0 saturated heterocycles. The fraction of sp³-hybridized carbons (Fsp3) is 0.200. The van der Waals surface area contributed by atoms with Gasteiger partial charge in [0.25, 0.3) is 0 Å². The van der Waals surface area contributed by atoms with Gasteiger partial charge in [-0.25, -0.2) is 4.39 Å². The number of alkyl halides is 3. The van der Waals surface area contributed by atoms with Crippen molar-refractivity contribution < 1.29 is 17.6 Å². The van der Waals surface area contributed by atoms with Crippen molar-refractivity contribution in [1.82, 2.24) is 0 Å². The SMILES string of the molecule is NC/C=C/c1cc(F)cc(C(F)(F)F)c1. The Labute approximate surface area is 84.2 Å². The van der Waals surface area contributed by atoms with Gasteiger partial charge in [0.05, 0.1) is 5.56 Å². The molecule has 82 valence electrons. The molecule has 0 radical (unpaired) electrons. The third-order valence-electron chi connectivity index (χ3n) is 1.69. The van der Waals surface area contributed by atoms with Gasteiger partial charge in [-0.2, -0.15) is 13.2 Å². The van der Waals surface area contributed by atoms with Crippen molar-refractivity contribution in [3.05, 3.63) is 41.2 Å². The molecule has 1 aromatic carbocycles. The van der Waals surface area contributed by atoms with Crippen LogP contribution in [0.1, 0.15) is 11.1 Å². The second kappa shape index (κ2) is 4.44. The van der Waals surface area contributed by atoms with Crippen LogP contribution < -0.4 is 5.73 Å². The Morgan fingerprint density at radius 3 is 2.40 bits per heavy atom. The summed E-state index contributed by atoms with van der Waals surface area (Å²) in [5.74, 6) is -0.915. The summed E-state index contributed by atoms with van der Waals surface area (Å²) in [6.45, 7) is 0.192. The predicted molar refractivity (Wildman–Crippen MR) is 49.5 cm³/mol. The molecule has 0 bridgehead atoms. The van der Waals surface area contributed by atoms with Crippen molar-refractivity contribution in [1.29, 1.82) is 0 Å². The summed E-state index contributed by atoms with van der Waals surface area (Å²) in [5, 5.41) is 0. The molecule has 1 rings (SSSR count). The minimum Gasteiger partial charge on any atom is -0.327 e. The Hall–Kier alpha value is -1.36. The number of benzene rings is 1. The fourth-order valence-electron chi connectivity index (χ4n) is 1.08. The summed E-state index contributed by atoms with van der Waals surface area (Å²) in [6, 6.07) is 2.34. The van der Waals surface area contributed by atoms with Crippen LogP contribution in [0.25, 0.3) is 6.08 Å². The molecule has 0 aliphatic heterocycles. The van der Waals surface area contributed by atoms with E-state index in [0.29, 0.717) is 6.07 Å². The van der Waals surface area contributed by atoms with Gasteiger partial charge in [0.2, 0.25) is 0 Å². The highest BCUT2D eigenvalue weighted by molar-refractivity contribution is 5.51. The number of nitrogens with two attached hydrogens (primary N) is 1. The maximum atomic E-state index is 12.8. The van der Waals surface area contributed by atoms with Gasteiger partial charge in [0.1, 0.15) is 5.82 Å². The van der Waals surface area contributed by atoms with Crippen LogP contribution in [0, 0.1) is 5.82 Å². The van der Waals surface area contributed by atoms with Crippen molar-refractivity contribution in [3.8, 4) is 0 Å². The zero-order valence-corrected chi connectivity index (χ0v) is 7.68. The lowest BCUT2D eigenvalue weighted by molar-refractivity contribution is -0.137. The van der Waals surface area contributed by atoms with Crippen molar-refractivity contribution >= 4 is 6.08 Å². The minimum absolute atomic E-state index is 0.146. The Morgan fingerprint density at radius 2 is 1.87 bits per heavy atom. The number of hydrogen-bond donors (Lipinski definition) is 1. The molecule has 0 atom stereocenters.